The molecule has 5 rings (SSSR count). The minimum Gasteiger partial charge on any atom is -0.477 e. The van der Waals surface area contributed by atoms with Gasteiger partial charge in [0.1, 0.15) is 12.3 Å². The molecule has 3 N–H and O–H groups in total. The van der Waals surface area contributed by atoms with Gasteiger partial charge in [-0.15, -0.1) is 0 Å². The molecule has 2 aliphatic carbocycles. The van der Waals surface area contributed by atoms with Gasteiger partial charge in [0.15, 0.2) is 0 Å². The molecule has 1 aromatic heterocycles. The van der Waals surface area contributed by atoms with Crippen LogP contribution in [0.3, 0.4) is 0 Å². The lowest BCUT2D eigenvalue weighted by Gasteiger charge is -2.14. The number of carboxylic acids is 1. The van der Waals surface area contributed by atoms with Crippen molar-refractivity contribution in [2.75, 3.05) is 13.2 Å². The van der Waals surface area contributed by atoms with Crippen molar-refractivity contribution in [3.8, 4) is 11.1 Å². The second-order valence-corrected chi connectivity index (χ2v) is 8.88. The lowest BCUT2D eigenvalue weighted by molar-refractivity contribution is -0.122. The Morgan fingerprint density at radius 1 is 0.943 bits per heavy atom. The molecule has 8 nitrogen and oxygen atoms in total. The van der Waals surface area contributed by atoms with Gasteiger partial charge in [-0.05, 0) is 46.2 Å². The summed E-state index contributed by atoms with van der Waals surface area (Å²) < 4.78 is 5.55. The Balaban J connectivity index is 1.06. The van der Waals surface area contributed by atoms with Gasteiger partial charge in [0.05, 0.1) is 0 Å². The average molecular weight is 472 g/mol. The first-order valence-electron chi connectivity index (χ1n) is 11.6. The highest BCUT2D eigenvalue weighted by atomic mass is 16.5. The first-order valence-corrected chi connectivity index (χ1v) is 11.6. The number of carbonyl (C=O) groups is 3. The molecule has 8 heteroatoms. The van der Waals surface area contributed by atoms with Crippen molar-refractivity contribution < 1.29 is 24.2 Å². The van der Waals surface area contributed by atoms with Crippen LogP contribution in [0.5, 0.6) is 0 Å². The van der Waals surface area contributed by atoms with Crippen LogP contribution in [-0.4, -0.2) is 41.2 Å². The number of carbonyl (C=O) groups excluding carboxylic acids is 2. The molecule has 3 aromatic rings. The van der Waals surface area contributed by atoms with E-state index in [0.717, 1.165) is 16.7 Å². The van der Waals surface area contributed by atoms with E-state index in [1.165, 1.54) is 23.4 Å². The lowest BCUT2D eigenvalue weighted by Crippen LogP contribution is -2.30. The molecule has 1 heterocycles. The molecule has 0 unspecified atom stereocenters. The maximum Gasteiger partial charge on any atom is 0.407 e. The molecule has 2 aromatic carbocycles. The Bertz CT molecular complexity index is 1230. The Labute approximate surface area is 202 Å². The number of nitrogens with one attached hydrogen (secondary N) is 2. The van der Waals surface area contributed by atoms with Crippen molar-refractivity contribution in [3.63, 3.8) is 0 Å². The van der Waals surface area contributed by atoms with Gasteiger partial charge in [-0.25, -0.2) is 14.6 Å². The van der Waals surface area contributed by atoms with Crippen molar-refractivity contribution in [1.29, 1.82) is 0 Å². The molecule has 0 aliphatic heterocycles. The largest absolute Gasteiger partial charge is 0.477 e. The van der Waals surface area contributed by atoms with Gasteiger partial charge in [0.2, 0.25) is 5.91 Å². The van der Waals surface area contributed by atoms with Crippen LogP contribution in [-0.2, 0) is 16.1 Å². The number of pyridine rings is 1. The summed E-state index contributed by atoms with van der Waals surface area (Å²) >= 11 is 0. The molecular weight excluding hydrogens is 446 g/mol. The van der Waals surface area contributed by atoms with Crippen LogP contribution < -0.4 is 10.6 Å². The van der Waals surface area contributed by atoms with E-state index in [2.05, 4.69) is 39.9 Å². The second kappa shape index (κ2) is 9.58. The minimum absolute atomic E-state index is 0.00616. The Hall–Kier alpha value is -4.20. The number of aromatic carboxylic acids is 1. The zero-order chi connectivity index (χ0) is 24.4. The topological polar surface area (TPSA) is 118 Å². The first-order chi connectivity index (χ1) is 17.0. The van der Waals surface area contributed by atoms with Crippen LogP contribution in [0, 0.1) is 11.8 Å². The molecular formula is C27H25N3O5. The van der Waals surface area contributed by atoms with Gasteiger partial charge in [0.25, 0.3) is 0 Å². The molecule has 2 amide bonds. The summed E-state index contributed by atoms with van der Waals surface area (Å²) in [5.74, 6) is -1.26. The zero-order valence-electron chi connectivity index (χ0n) is 18.9. The normalized spacial score (nSPS) is 17.7. The molecule has 1 saturated carbocycles. The standard InChI is InChI=1S/C27H25N3O5/c31-25(29-13-16-9-10-24(26(32)33)28-12-16)22-11-17(22)14-30-27(34)35-15-23-20-7-3-1-5-18(20)19-6-2-4-8-21(19)23/h1-10,12,17,22-23H,11,13-15H2,(H,29,31)(H,30,34)(H,32,33)/t17-,22-/m0/s1. The minimum atomic E-state index is -1.09. The van der Waals surface area contributed by atoms with Crippen molar-refractivity contribution >= 4 is 18.0 Å². The third-order valence-electron chi connectivity index (χ3n) is 6.62. The van der Waals surface area contributed by atoms with Crippen molar-refractivity contribution in [2.45, 2.75) is 18.9 Å². The highest BCUT2D eigenvalue weighted by Crippen LogP contribution is 2.44. The Morgan fingerprint density at radius 3 is 2.26 bits per heavy atom. The van der Waals surface area contributed by atoms with E-state index in [1.54, 1.807) is 6.07 Å². The summed E-state index contributed by atoms with van der Waals surface area (Å²) in [6.45, 7) is 0.904. The number of rotatable bonds is 8. The number of hydrogen-bond acceptors (Lipinski definition) is 5. The van der Waals surface area contributed by atoms with Crippen LogP contribution in [0.15, 0.2) is 66.9 Å². The average Bonchev–Trinajstić information content (AvgIpc) is 3.60. The predicted octanol–water partition coefficient (Wildman–Crippen LogP) is 3.57. The molecule has 1 fully saturated rings. The maximum atomic E-state index is 12.4. The van der Waals surface area contributed by atoms with E-state index >= 15 is 0 Å². The van der Waals surface area contributed by atoms with Crippen molar-refractivity contribution in [1.82, 2.24) is 15.6 Å². The van der Waals surface area contributed by atoms with E-state index in [1.807, 2.05) is 24.3 Å². The summed E-state index contributed by atoms with van der Waals surface area (Å²) in [7, 11) is 0. The maximum absolute atomic E-state index is 12.4. The fourth-order valence-electron chi connectivity index (χ4n) is 4.63. The Morgan fingerprint density at radius 2 is 1.63 bits per heavy atom. The van der Waals surface area contributed by atoms with Crippen LogP contribution in [0.1, 0.15) is 39.5 Å². The summed E-state index contributed by atoms with van der Waals surface area (Å²) in [4.78, 5) is 39.4. The van der Waals surface area contributed by atoms with Crippen LogP contribution in [0.2, 0.25) is 0 Å². The van der Waals surface area contributed by atoms with Gasteiger partial charge >= 0.3 is 12.1 Å². The second-order valence-electron chi connectivity index (χ2n) is 8.88. The SMILES string of the molecule is O=C(NC[C@@H]1C[C@@H]1C(=O)NCc1ccc(C(=O)O)nc1)OCC1c2ccccc2-c2ccccc21. The number of carboxylic acid groups (broad SMARTS) is 1. The van der Waals surface area contributed by atoms with Crippen molar-refractivity contribution in [3.05, 3.63) is 89.2 Å². The zero-order valence-corrected chi connectivity index (χ0v) is 18.9. The van der Waals surface area contributed by atoms with Gasteiger partial charge in [-0.2, -0.15) is 0 Å². The number of aromatic nitrogens is 1. The number of ether oxygens (including phenoxy) is 1. The van der Waals surface area contributed by atoms with E-state index in [-0.39, 0.29) is 42.5 Å². The summed E-state index contributed by atoms with van der Waals surface area (Å²) in [5, 5.41) is 14.5. The monoisotopic (exact) mass is 471 g/mol. The molecule has 0 radical (unpaired) electrons. The molecule has 35 heavy (non-hydrogen) atoms. The number of hydrogen-bond donors (Lipinski definition) is 3. The van der Waals surface area contributed by atoms with E-state index < -0.39 is 12.1 Å². The van der Waals surface area contributed by atoms with Gasteiger partial charge in [0, 0.05) is 31.1 Å². The van der Waals surface area contributed by atoms with Crippen LogP contribution >= 0.6 is 0 Å². The predicted molar refractivity (Wildman–Crippen MR) is 128 cm³/mol. The van der Waals surface area contributed by atoms with Crippen LogP contribution in [0.25, 0.3) is 11.1 Å². The molecule has 2 atom stereocenters. The quantitative estimate of drug-likeness (QED) is 0.462. The Kier molecular flexibility index (Phi) is 6.18. The lowest BCUT2D eigenvalue weighted by atomic mass is 9.98. The molecule has 0 spiro atoms. The summed E-state index contributed by atoms with van der Waals surface area (Å²) in [5.41, 5.74) is 5.36. The summed E-state index contributed by atoms with van der Waals surface area (Å²) in [6.07, 6.45) is 1.65. The third-order valence-corrected chi connectivity index (χ3v) is 6.62. The molecule has 0 bridgehead atoms. The van der Waals surface area contributed by atoms with Crippen molar-refractivity contribution in [2.24, 2.45) is 11.8 Å². The molecule has 0 saturated heterocycles. The van der Waals surface area contributed by atoms with Gasteiger partial charge in [-0.3, -0.25) is 4.79 Å². The molecule has 178 valence electrons. The van der Waals surface area contributed by atoms with E-state index in [4.69, 9.17) is 9.84 Å². The van der Waals surface area contributed by atoms with Crippen LogP contribution in [0.4, 0.5) is 4.79 Å². The number of benzene rings is 2. The molecule has 2 aliphatic rings. The highest BCUT2D eigenvalue weighted by molar-refractivity contribution is 5.85. The van der Waals surface area contributed by atoms with Gasteiger partial charge in [-0.1, -0.05) is 54.6 Å². The first kappa shape index (κ1) is 22.6. The number of fused-ring (bicyclic) bond motifs is 3. The smallest absolute Gasteiger partial charge is 0.407 e. The summed E-state index contributed by atoms with van der Waals surface area (Å²) in [6, 6.07) is 19.4. The number of nitrogens with zero attached hydrogens (tertiary/aromatic N) is 1. The fraction of sp³-hybridized carbons (Fsp3) is 0.259. The number of alkyl carbamates (subject to hydrolysis) is 1. The third kappa shape index (κ3) is 4.87. The van der Waals surface area contributed by atoms with E-state index in [0.29, 0.717) is 13.0 Å². The van der Waals surface area contributed by atoms with E-state index in [9.17, 15) is 14.4 Å². The highest BCUT2D eigenvalue weighted by Gasteiger charge is 2.42. The number of amides is 2. The fourth-order valence-corrected chi connectivity index (χ4v) is 4.63. The van der Waals surface area contributed by atoms with Gasteiger partial charge < -0.3 is 20.5 Å².